The molecule has 0 radical (unpaired) electrons. The summed E-state index contributed by atoms with van der Waals surface area (Å²) in [5.41, 5.74) is 2.66. The molecule has 0 spiro atoms. The highest BCUT2D eigenvalue weighted by Gasteiger charge is 2.36. The number of hydrogen-bond donors (Lipinski definition) is 1. The number of nitrogens with one attached hydrogen (secondary N) is 1. The number of nitrogens with zero attached hydrogens (tertiary/aromatic N) is 4. The summed E-state index contributed by atoms with van der Waals surface area (Å²) in [6.45, 7) is 9.39. The first-order valence-corrected chi connectivity index (χ1v) is 7.82. The average Bonchev–Trinajstić information content (AvgIpc) is 2.91. The van der Waals surface area contributed by atoms with Gasteiger partial charge in [-0.05, 0) is 50.6 Å². The Morgan fingerprint density at radius 3 is 2.71 bits per heavy atom. The number of tetrazole rings is 1. The number of rotatable bonds is 2. The number of esters is 1. The highest BCUT2D eigenvalue weighted by molar-refractivity contribution is 5.92. The Hall–Kier alpha value is -2.70. The molecule has 2 heterocycles. The normalized spacial score (nSPS) is 17.3. The fourth-order valence-electron chi connectivity index (χ4n) is 2.76. The summed E-state index contributed by atoms with van der Waals surface area (Å²) in [5.74, 6) is 0.131. The van der Waals surface area contributed by atoms with Gasteiger partial charge in [-0.2, -0.15) is 4.68 Å². The Kier molecular flexibility index (Phi) is 3.87. The van der Waals surface area contributed by atoms with Gasteiger partial charge in [-0.25, -0.2) is 4.79 Å². The van der Waals surface area contributed by atoms with Crippen molar-refractivity contribution in [2.24, 2.45) is 0 Å². The van der Waals surface area contributed by atoms with Crippen molar-refractivity contribution in [1.29, 1.82) is 0 Å². The third-order valence-electron chi connectivity index (χ3n) is 3.69. The molecule has 1 aliphatic rings. The highest BCUT2D eigenvalue weighted by Crippen LogP contribution is 2.35. The maximum absolute atomic E-state index is 12.8. The first kappa shape index (κ1) is 16.2. The summed E-state index contributed by atoms with van der Waals surface area (Å²) < 4.78 is 7.21. The molecule has 7 nitrogen and oxygen atoms in total. The van der Waals surface area contributed by atoms with Crippen molar-refractivity contribution in [1.82, 2.24) is 20.2 Å². The van der Waals surface area contributed by atoms with Crippen LogP contribution in [0.1, 0.15) is 44.9 Å². The zero-order chi connectivity index (χ0) is 17.5. The van der Waals surface area contributed by atoms with Crippen LogP contribution in [0.15, 0.2) is 35.5 Å². The van der Waals surface area contributed by atoms with Gasteiger partial charge in [0, 0.05) is 5.70 Å². The number of carbonyl (C=O) groups is 1. The van der Waals surface area contributed by atoms with Gasteiger partial charge in [0.15, 0.2) is 0 Å². The van der Waals surface area contributed by atoms with E-state index in [2.05, 4.69) is 20.8 Å². The lowest BCUT2D eigenvalue weighted by atomic mass is 9.94. The van der Waals surface area contributed by atoms with E-state index in [9.17, 15) is 4.79 Å². The predicted octanol–water partition coefficient (Wildman–Crippen LogP) is 2.61. The van der Waals surface area contributed by atoms with Crippen LogP contribution in [0.25, 0.3) is 0 Å². The molecule has 2 aromatic rings. The van der Waals surface area contributed by atoms with E-state index in [1.54, 1.807) is 4.68 Å². The minimum Gasteiger partial charge on any atom is -0.456 e. The molecule has 1 aromatic carbocycles. The molecule has 0 aliphatic carbocycles. The molecule has 1 aliphatic heterocycles. The maximum Gasteiger partial charge on any atom is 0.338 e. The fraction of sp³-hybridized carbons (Fsp3) is 0.412. The third kappa shape index (κ3) is 3.02. The topological polar surface area (TPSA) is 81.9 Å². The molecule has 0 saturated carbocycles. The van der Waals surface area contributed by atoms with Gasteiger partial charge in [0.25, 0.3) is 0 Å². The summed E-state index contributed by atoms with van der Waals surface area (Å²) in [4.78, 5) is 12.8. The average molecular weight is 327 g/mol. The highest BCUT2D eigenvalue weighted by atomic mass is 16.6. The summed E-state index contributed by atoms with van der Waals surface area (Å²) >= 11 is 0. The summed E-state index contributed by atoms with van der Waals surface area (Å²) in [6, 6.07) is 7.53. The Morgan fingerprint density at radius 2 is 2.04 bits per heavy atom. The third-order valence-corrected chi connectivity index (χ3v) is 3.69. The number of benzene rings is 1. The molecule has 3 rings (SSSR count). The van der Waals surface area contributed by atoms with Gasteiger partial charge < -0.3 is 10.1 Å². The van der Waals surface area contributed by atoms with Crippen molar-refractivity contribution in [3.8, 4) is 0 Å². The number of allylic oxidation sites excluding steroid dienone is 1. The molecule has 1 unspecified atom stereocenters. The van der Waals surface area contributed by atoms with E-state index in [0.29, 0.717) is 17.2 Å². The zero-order valence-corrected chi connectivity index (χ0v) is 14.5. The smallest absolute Gasteiger partial charge is 0.338 e. The molecule has 0 saturated heterocycles. The van der Waals surface area contributed by atoms with Crippen molar-refractivity contribution in [2.75, 3.05) is 5.32 Å². The van der Waals surface area contributed by atoms with E-state index >= 15 is 0 Å². The molecular weight excluding hydrogens is 306 g/mol. The van der Waals surface area contributed by atoms with E-state index in [4.69, 9.17) is 4.74 Å². The van der Waals surface area contributed by atoms with Crippen LogP contribution in [0.4, 0.5) is 5.95 Å². The van der Waals surface area contributed by atoms with Gasteiger partial charge in [-0.3, -0.25) is 0 Å². The quantitative estimate of drug-likeness (QED) is 0.854. The van der Waals surface area contributed by atoms with Crippen LogP contribution in [0.2, 0.25) is 0 Å². The van der Waals surface area contributed by atoms with E-state index in [-0.39, 0.29) is 5.97 Å². The standard InChI is InChI=1S/C17H21N5O2/c1-10-7-6-8-12(9-10)14-13(15(23)24-17(3,4)5)11(2)18-16-19-20-21-22(14)16/h6-9,14H,1-5H3,(H,18,19,21). The number of aryl methyl sites for hydroxylation is 1. The van der Waals surface area contributed by atoms with Gasteiger partial charge in [0.1, 0.15) is 11.6 Å². The molecule has 0 bridgehead atoms. The van der Waals surface area contributed by atoms with Crippen LogP contribution >= 0.6 is 0 Å². The van der Waals surface area contributed by atoms with Crippen LogP contribution in [0, 0.1) is 6.92 Å². The number of hydrogen-bond acceptors (Lipinski definition) is 6. The van der Waals surface area contributed by atoms with Crippen LogP contribution in [-0.2, 0) is 9.53 Å². The van der Waals surface area contributed by atoms with Gasteiger partial charge in [0.2, 0.25) is 5.95 Å². The number of fused-ring (bicyclic) bond motifs is 1. The van der Waals surface area contributed by atoms with Crippen LogP contribution in [0.3, 0.4) is 0 Å². The van der Waals surface area contributed by atoms with Gasteiger partial charge in [-0.15, -0.1) is 0 Å². The van der Waals surface area contributed by atoms with Crippen molar-refractivity contribution < 1.29 is 9.53 Å². The molecule has 0 fully saturated rings. The Bertz CT molecular complexity index is 816. The minimum absolute atomic E-state index is 0.375. The van der Waals surface area contributed by atoms with E-state index in [1.807, 2.05) is 58.9 Å². The first-order valence-electron chi connectivity index (χ1n) is 7.82. The molecule has 24 heavy (non-hydrogen) atoms. The van der Waals surface area contributed by atoms with Gasteiger partial charge in [0.05, 0.1) is 5.57 Å². The van der Waals surface area contributed by atoms with Crippen molar-refractivity contribution in [2.45, 2.75) is 46.3 Å². The second-order valence-electron chi connectivity index (χ2n) is 6.93. The van der Waals surface area contributed by atoms with Gasteiger partial charge >= 0.3 is 5.97 Å². The van der Waals surface area contributed by atoms with Crippen molar-refractivity contribution >= 4 is 11.9 Å². The van der Waals surface area contributed by atoms with E-state index in [1.165, 1.54) is 0 Å². The second kappa shape index (κ2) is 5.74. The molecule has 1 N–H and O–H groups in total. The van der Waals surface area contributed by atoms with Gasteiger partial charge in [-0.1, -0.05) is 34.9 Å². The van der Waals surface area contributed by atoms with E-state index in [0.717, 1.165) is 11.1 Å². The number of aromatic nitrogens is 4. The maximum atomic E-state index is 12.8. The second-order valence-corrected chi connectivity index (χ2v) is 6.93. The Morgan fingerprint density at radius 1 is 1.29 bits per heavy atom. The van der Waals surface area contributed by atoms with Crippen LogP contribution in [0.5, 0.6) is 0 Å². The summed E-state index contributed by atoms with van der Waals surface area (Å²) in [7, 11) is 0. The Labute approximate surface area is 140 Å². The Balaban J connectivity index is 2.12. The molecule has 7 heteroatoms. The lowest BCUT2D eigenvalue weighted by molar-refractivity contribution is -0.150. The SMILES string of the molecule is CC1=C(C(=O)OC(C)(C)C)C(c2cccc(C)c2)n2nnnc2N1. The van der Waals surface area contributed by atoms with Crippen molar-refractivity contribution in [3.05, 3.63) is 46.7 Å². The lowest BCUT2D eigenvalue weighted by Crippen LogP contribution is -2.33. The molecule has 126 valence electrons. The minimum atomic E-state index is -0.581. The lowest BCUT2D eigenvalue weighted by Gasteiger charge is -2.29. The van der Waals surface area contributed by atoms with Crippen molar-refractivity contribution in [3.63, 3.8) is 0 Å². The monoisotopic (exact) mass is 327 g/mol. The fourth-order valence-corrected chi connectivity index (χ4v) is 2.76. The molecular formula is C17H21N5O2. The van der Waals surface area contributed by atoms with E-state index < -0.39 is 11.6 Å². The molecule has 1 atom stereocenters. The number of ether oxygens (including phenoxy) is 1. The predicted molar refractivity (Wildman–Crippen MR) is 89.3 cm³/mol. The molecule has 1 aromatic heterocycles. The summed E-state index contributed by atoms with van der Waals surface area (Å²) in [6.07, 6.45) is 0. The largest absolute Gasteiger partial charge is 0.456 e. The van der Waals surface area contributed by atoms with Crippen LogP contribution < -0.4 is 5.32 Å². The first-order chi connectivity index (χ1) is 11.3. The number of anilines is 1. The molecule has 0 amide bonds. The zero-order valence-electron chi connectivity index (χ0n) is 14.5. The summed E-state index contributed by atoms with van der Waals surface area (Å²) in [5, 5.41) is 14.8. The number of carbonyl (C=O) groups excluding carboxylic acids is 1. The van der Waals surface area contributed by atoms with Crippen LogP contribution in [-0.4, -0.2) is 31.8 Å².